The van der Waals surface area contributed by atoms with Gasteiger partial charge in [0.05, 0.1) is 12.5 Å². The number of benzene rings is 1. The molecule has 134 valence electrons. The lowest BCUT2D eigenvalue weighted by Gasteiger charge is -2.30. The van der Waals surface area contributed by atoms with Crippen molar-refractivity contribution in [1.29, 1.82) is 0 Å². The summed E-state index contributed by atoms with van der Waals surface area (Å²) in [6.45, 7) is 8.24. The number of hydrogen-bond donors (Lipinski definition) is 0. The highest BCUT2D eigenvalue weighted by atomic mass is 16.5. The summed E-state index contributed by atoms with van der Waals surface area (Å²) in [5.74, 6) is 1.37. The summed E-state index contributed by atoms with van der Waals surface area (Å²) in [6, 6.07) is 7.36. The first-order chi connectivity index (χ1) is 11.7. The Morgan fingerprint density at radius 1 is 1.04 bits per heavy atom. The van der Waals surface area contributed by atoms with E-state index < -0.39 is 0 Å². The zero-order valence-corrected chi connectivity index (χ0v) is 15.1. The van der Waals surface area contributed by atoms with Crippen molar-refractivity contribution in [2.24, 2.45) is 5.92 Å². The second-order valence-electron chi connectivity index (χ2n) is 6.56. The van der Waals surface area contributed by atoms with E-state index in [0.717, 1.165) is 57.7 Å². The van der Waals surface area contributed by atoms with Crippen molar-refractivity contribution in [1.82, 2.24) is 4.90 Å². The molecule has 0 N–H and O–H groups in total. The van der Waals surface area contributed by atoms with Crippen molar-refractivity contribution in [3.8, 4) is 11.5 Å². The lowest BCUT2D eigenvalue weighted by molar-refractivity contribution is -0.140. The Labute approximate surface area is 146 Å². The van der Waals surface area contributed by atoms with Crippen LogP contribution in [-0.4, -0.2) is 37.1 Å². The van der Waals surface area contributed by atoms with Crippen LogP contribution in [0, 0.1) is 5.92 Å². The molecule has 1 aliphatic heterocycles. The molecule has 0 spiro atoms. The van der Waals surface area contributed by atoms with Gasteiger partial charge in [0.1, 0.15) is 11.5 Å². The van der Waals surface area contributed by atoms with Crippen molar-refractivity contribution in [2.45, 2.75) is 52.4 Å². The van der Waals surface area contributed by atoms with E-state index in [9.17, 15) is 4.79 Å². The average Bonchev–Trinajstić information content (AvgIpc) is 2.62. The molecule has 24 heavy (non-hydrogen) atoms. The molecule has 0 amide bonds. The molecule has 4 heteroatoms. The van der Waals surface area contributed by atoms with Gasteiger partial charge >= 0.3 is 5.97 Å². The zero-order chi connectivity index (χ0) is 17.2. The van der Waals surface area contributed by atoms with Gasteiger partial charge in [-0.3, -0.25) is 4.79 Å². The fourth-order valence-electron chi connectivity index (χ4n) is 2.91. The molecule has 4 nitrogen and oxygen atoms in total. The summed E-state index contributed by atoms with van der Waals surface area (Å²) in [5.41, 5.74) is 0. The van der Waals surface area contributed by atoms with Crippen molar-refractivity contribution in [3.05, 3.63) is 24.3 Å². The number of carbonyl (C=O) groups excluding carboxylic acids is 1. The van der Waals surface area contributed by atoms with E-state index in [1.165, 1.54) is 12.8 Å². The molecule has 1 aliphatic rings. The summed E-state index contributed by atoms with van der Waals surface area (Å²) in [6.07, 6.45) is 6.43. The molecule has 2 rings (SSSR count). The number of piperidine rings is 1. The Hall–Kier alpha value is -1.55. The van der Waals surface area contributed by atoms with Gasteiger partial charge in [-0.2, -0.15) is 0 Å². The highest BCUT2D eigenvalue weighted by Gasteiger charge is 2.26. The molecular weight excluding hydrogens is 302 g/mol. The Morgan fingerprint density at radius 3 is 2.29 bits per heavy atom. The number of unbranched alkanes of at least 4 members (excludes halogenated alkanes) is 2. The van der Waals surface area contributed by atoms with Crippen molar-refractivity contribution < 1.29 is 14.3 Å². The summed E-state index contributed by atoms with van der Waals surface area (Å²) in [4.78, 5) is 14.8. The second kappa shape index (κ2) is 10.3. The Kier molecular flexibility index (Phi) is 8.10. The highest BCUT2D eigenvalue weighted by Crippen LogP contribution is 2.22. The van der Waals surface area contributed by atoms with Crippen molar-refractivity contribution in [3.63, 3.8) is 0 Å². The molecule has 0 bridgehead atoms. The molecule has 0 radical (unpaired) electrons. The largest absolute Gasteiger partial charge is 0.494 e. The molecule has 0 aliphatic carbocycles. The fourth-order valence-corrected chi connectivity index (χ4v) is 2.91. The van der Waals surface area contributed by atoms with E-state index in [4.69, 9.17) is 9.47 Å². The van der Waals surface area contributed by atoms with Crippen LogP contribution in [0.1, 0.15) is 52.4 Å². The molecule has 0 atom stereocenters. The SMILES string of the molecule is CCCCOc1ccc(OC(=O)C2CCN(CCCC)CC2)cc1. The number of hydrogen-bond acceptors (Lipinski definition) is 4. The van der Waals surface area contributed by atoms with Crippen LogP contribution < -0.4 is 9.47 Å². The first-order valence-electron chi connectivity index (χ1n) is 9.39. The molecule has 0 unspecified atom stereocenters. The minimum absolute atomic E-state index is 0.0309. The van der Waals surface area contributed by atoms with E-state index in [1.807, 2.05) is 24.3 Å². The predicted octanol–water partition coefficient (Wildman–Crippen LogP) is 4.28. The van der Waals surface area contributed by atoms with E-state index >= 15 is 0 Å². The van der Waals surface area contributed by atoms with E-state index in [1.54, 1.807) is 0 Å². The van der Waals surface area contributed by atoms with Gasteiger partial charge in [-0.15, -0.1) is 0 Å². The summed E-state index contributed by atoms with van der Waals surface area (Å²) in [5, 5.41) is 0. The Bertz CT molecular complexity index is 478. The molecule has 1 aromatic rings. The normalized spacial score (nSPS) is 16.1. The molecule has 1 saturated heterocycles. The fraction of sp³-hybridized carbons (Fsp3) is 0.650. The van der Waals surface area contributed by atoms with E-state index in [-0.39, 0.29) is 11.9 Å². The molecule has 0 aromatic heterocycles. The van der Waals surface area contributed by atoms with Gasteiger partial charge in [0.15, 0.2) is 0 Å². The number of ether oxygens (including phenoxy) is 2. The van der Waals surface area contributed by atoms with Gasteiger partial charge in [-0.1, -0.05) is 26.7 Å². The van der Waals surface area contributed by atoms with Crippen LogP contribution in [0.5, 0.6) is 11.5 Å². The quantitative estimate of drug-likeness (QED) is 0.384. The second-order valence-corrected chi connectivity index (χ2v) is 6.56. The van der Waals surface area contributed by atoms with Crippen LogP contribution in [0.25, 0.3) is 0 Å². The van der Waals surface area contributed by atoms with Gasteiger partial charge in [-0.05, 0) is 69.6 Å². The van der Waals surface area contributed by atoms with Crippen LogP contribution >= 0.6 is 0 Å². The minimum atomic E-state index is -0.0928. The number of esters is 1. The summed E-state index contributed by atoms with van der Waals surface area (Å²) in [7, 11) is 0. The molecule has 1 fully saturated rings. The number of carbonyl (C=O) groups is 1. The van der Waals surface area contributed by atoms with Gasteiger partial charge in [0, 0.05) is 0 Å². The minimum Gasteiger partial charge on any atom is -0.494 e. The lowest BCUT2D eigenvalue weighted by Crippen LogP contribution is -2.38. The first kappa shape index (κ1) is 18.8. The molecule has 0 saturated carbocycles. The zero-order valence-electron chi connectivity index (χ0n) is 15.1. The van der Waals surface area contributed by atoms with E-state index in [0.29, 0.717) is 5.75 Å². The topological polar surface area (TPSA) is 38.8 Å². The van der Waals surface area contributed by atoms with Crippen molar-refractivity contribution >= 4 is 5.97 Å². The van der Waals surface area contributed by atoms with Crippen LogP contribution in [0.15, 0.2) is 24.3 Å². The van der Waals surface area contributed by atoms with Crippen molar-refractivity contribution in [2.75, 3.05) is 26.2 Å². The van der Waals surface area contributed by atoms with Gasteiger partial charge in [0.2, 0.25) is 0 Å². The first-order valence-corrected chi connectivity index (χ1v) is 9.39. The maximum absolute atomic E-state index is 12.3. The summed E-state index contributed by atoms with van der Waals surface area (Å²) < 4.78 is 11.2. The Morgan fingerprint density at radius 2 is 1.67 bits per heavy atom. The lowest BCUT2D eigenvalue weighted by atomic mass is 9.97. The monoisotopic (exact) mass is 333 g/mol. The number of likely N-dealkylation sites (tertiary alicyclic amines) is 1. The van der Waals surface area contributed by atoms with Crippen LogP contribution in [0.2, 0.25) is 0 Å². The summed E-state index contributed by atoms with van der Waals surface area (Å²) >= 11 is 0. The van der Waals surface area contributed by atoms with Gasteiger partial charge in [-0.25, -0.2) is 0 Å². The molecule has 1 aromatic carbocycles. The standard InChI is InChI=1S/C20H31NO3/c1-3-5-13-21-14-11-17(12-15-21)20(22)24-19-9-7-18(8-10-19)23-16-6-4-2/h7-10,17H,3-6,11-16H2,1-2H3. The van der Waals surface area contributed by atoms with Crippen LogP contribution in [0.4, 0.5) is 0 Å². The van der Waals surface area contributed by atoms with Gasteiger partial charge in [0.25, 0.3) is 0 Å². The number of rotatable bonds is 9. The van der Waals surface area contributed by atoms with Crippen LogP contribution in [-0.2, 0) is 4.79 Å². The maximum Gasteiger partial charge on any atom is 0.314 e. The number of nitrogens with zero attached hydrogens (tertiary/aromatic N) is 1. The average molecular weight is 333 g/mol. The van der Waals surface area contributed by atoms with Crippen LogP contribution in [0.3, 0.4) is 0 Å². The third kappa shape index (κ3) is 6.16. The highest BCUT2D eigenvalue weighted by molar-refractivity contribution is 5.75. The predicted molar refractivity (Wildman–Crippen MR) is 96.6 cm³/mol. The third-order valence-electron chi connectivity index (χ3n) is 4.56. The Balaban J connectivity index is 1.74. The molecule has 1 heterocycles. The molecular formula is C20H31NO3. The smallest absolute Gasteiger partial charge is 0.314 e. The third-order valence-corrected chi connectivity index (χ3v) is 4.56. The van der Waals surface area contributed by atoms with Gasteiger partial charge < -0.3 is 14.4 Å². The maximum atomic E-state index is 12.3. The van der Waals surface area contributed by atoms with E-state index in [2.05, 4.69) is 18.7 Å².